The predicted molar refractivity (Wildman–Crippen MR) is 164 cm³/mol. The Kier molecular flexibility index (Phi) is 5.91. The van der Waals surface area contributed by atoms with Crippen LogP contribution in [0, 0.1) is 0 Å². The molecule has 6 aromatic carbocycles. The minimum absolute atomic E-state index is 0.969. The molecule has 0 unspecified atom stereocenters. The maximum atomic E-state index is 2.39. The first kappa shape index (κ1) is 23.1. The second-order valence-corrected chi connectivity index (χ2v) is 9.87. The van der Waals surface area contributed by atoms with Crippen molar-refractivity contribution in [1.82, 2.24) is 0 Å². The molecule has 7 rings (SSSR count). The summed E-state index contributed by atoms with van der Waals surface area (Å²) in [6, 6.07) is 56.3. The van der Waals surface area contributed by atoms with Crippen LogP contribution in [0.2, 0.25) is 0 Å². The molecule has 1 heterocycles. The summed E-state index contributed by atoms with van der Waals surface area (Å²) >= 11 is 0. The highest BCUT2D eigenvalue weighted by molar-refractivity contribution is 5.84. The summed E-state index contributed by atoms with van der Waals surface area (Å²) in [6.45, 7) is 0. The maximum Gasteiger partial charge on any atom is 0.0497 e. The van der Waals surface area contributed by atoms with E-state index in [9.17, 15) is 0 Å². The SMILES string of the molecule is c1ccc(N(c2ccccc2)c2ccc(-c3ccc(N4c5ccccc5Cc5ccccc54)cc3)cc2)cc1. The lowest BCUT2D eigenvalue weighted by atomic mass is 9.95. The molecular formula is C37H28N2. The fourth-order valence-corrected chi connectivity index (χ4v) is 5.58. The van der Waals surface area contributed by atoms with Crippen molar-refractivity contribution < 1.29 is 0 Å². The van der Waals surface area contributed by atoms with Crippen molar-refractivity contribution in [2.75, 3.05) is 9.80 Å². The Labute approximate surface area is 230 Å². The van der Waals surface area contributed by atoms with Gasteiger partial charge in [-0.1, -0.05) is 97.1 Å². The van der Waals surface area contributed by atoms with Crippen LogP contribution in [0.25, 0.3) is 11.1 Å². The van der Waals surface area contributed by atoms with Gasteiger partial charge in [-0.15, -0.1) is 0 Å². The maximum absolute atomic E-state index is 2.39. The van der Waals surface area contributed by atoms with Crippen LogP contribution in [0.15, 0.2) is 158 Å². The van der Waals surface area contributed by atoms with Crippen LogP contribution in [-0.4, -0.2) is 0 Å². The zero-order valence-corrected chi connectivity index (χ0v) is 21.6. The largest absolute Gasteiger partial charge is 0.311 e. The van der Waals surface area contributed by atoms with E-state index >= 15 is 0 Å². The molecule has 0 saturated carbocycles. The highest BCUT2D eigenvalue weighted by Gasteiger charge is 2.23. The molecule has 0 spiro atoms. The van der Waals surface area contributed by atoms with Gasteiger partial charge in [-0.05, 0) is 82.9 Å². The summed E-state index contributed by atoms with van der Waals surface area (Å²) < 4.78 is 0. The van der Waals surface area contributed by atoms with E-state index in [1.807, 2.05) is 0 Å². The highest BCUT2D eigenvalue weighted by Crippen LogP contribution is 2.44. The van der Waals surface area contributed by atoms with Crippen LogP contribution in [-0.2, 0) is 6.42 Å². The Morgan fingerprint density at radius 2 is 0.795 bits per heavy atom. The Bertz CT molecular complexity index is 1620. The van der Waals surface area contributed by atoms with Crippen molar-refractivity contribution in [3.8, 4) is 11.1 Å². The molecule has 39 heavy (non-hydrogen) atoms. The standard InChI is InChI=1S/C37H28N2/c1-3-13-32(14-4-1)38(33-15-5-2-6-16-33)34-23-19-28(20-24-34)29-21-25-35(26-22-29)39-36-17-9-7-11-30(36)27-31-12-8-10-18-37(31)39/h1-26H,27H2. The number of benzene rings is 6. The molecule has 6 aromatic rings. The topological polar surface area (TPSA) is 6.48 Å². The molecule has 1 aliphatic rings. The van der Waals surface area contributed by atoms with Gasteiger partial charge >= 0.3 is 0 Å². The second-order valence-electron chi connectivity index (χ2n) is 9.87. The van der Waals surface area contributed by atoms with E-state index in [0.717, 1.165) is 23.5 Å². The lowest BCUT2D eigenvalue weighted by molar-refractivity contribution is 1.09. The van der Waals surface area contributed by atoms with Crippen LogP contribution in [0.3, 0.4) is 0 Å². The van der Waals surface area contributed by atoms with Crippen molar-refractivity contribution in [3.63, 3.8) is 0 Å². The smallest absolute Gasteiger partial charge is 0.0497 e. The number of rotatable bonds is 5. The zero-order chi connectivity index (χ0) is 26.0. The molecule has 0 atom stereocenters. The third kappa shape index (κ3) is 4.36. The molecule has 0 bridgehead atoms. The van der Waals surface area contributed by atoms with Gasteiger partial charge in [-0.3, -0.25) is 0 Å². The van der Waals surface area contributed by atoms with E-state index in [4.69, 9.17) is 0 Å². The second kappa shape index (κ2) is 10.00. The molecule has 186 valence electrons. The first-order chi connectivity index (χ1) is 19.3. The van der Waals surface area contributed by atoms with Crippen LogP contribution in [0.4, 0.5) is 34.1 Å². The summed E-state index contributed by atoms with van der Waals surface area (Å²) in [4.78, 5) is 4.68. The Hall–Kier alpha value is -5.08. The van der Waals surface area contributed by atoms with E-state index in [1.165, 1.54) is 39.3 Å². The minimum Gasteiger partial charge on any atom is -0.311 e. The van der Waals surface area contributed by atoms with E-state index in [2.05, 4.69) is 168 Å². The molecule has 2 nitrogen and oxygen atoms in total. The summed E-state index contributed by atoms with van der Waals surface area (Å²) in [5.74, 6) is 0. The fraction of sp³-hybridized carbons (Fsp3) is 0.0270. The molecule has 1 aliphatic heterocycles. The van der Waals surface area contributed by atoms with Crippen molar-refractivity contribution in [1.29, 1.82) is 0 Å². The molecule has 0 N–H and O–H groups in total. The van der Waals surface area contributed by atoms with Gasteiger partial charge < -0.3 is 9.80 Å². The van der Waals surface area contributed by atoms with Gasteiger partial charge in [0.2, 0.25) is 0 Å². The lowest BCUT2D eigenvalue weighted by Crippen LogP contribution is -2.18. The number of fused-ring (bicyclic) bond motifs is 2. The van der Waals surface area contributed by atoms with E-state index in [0.29, 0.717) is 0 Å². The van der Waals surface area contributed by atoms with E-state index in [-0.39, 0.29) is 0 Å². The van der Waals surface area contributed by atoms with Crippen molar-refractivity contribution in [2.24, 2.45) is 0 Å². The van der Waals surface area contributed by atoms with E-state index < -0.39 is 0 Å². The predicted octanol–water partition coefficient (Wildman–Crippen LogP) is 10.2. The van der Waals surface area contributed by atoms with Crippen LogP contribution >= 0.6 is 0 Å². The van der Waals surface area contributed by atoms with Gasteiger partial charge in [0.1, 0.15) is 0 Å². The number of hydrogen-bond acceptors (Lipinski definition) is 2. The van der Waals surface area contributed by atoms with Gasteiger partial charge in [0.25, 0.3) is 0 Å². The average Bonchev–Trinajstić information content (AvgIpc) is 3.02. The minimum atomic E-state index is 0.969. The number of nitrogens with zero attached hydrogens (tertiary/aromatic N) is 2. The summed E-state index contributed by atoms with van der Waals surface area (Å²) in [5.41, 5.74) is 12.2. The number of hydrogen-bond donors (Lipinski definition) is 0. The quantitative estimate of drug-likeness (QED) is 0.232. The van der Waals surface area contributed by atoms with Crippen LogP contribution < -0.4 is 9.80 Å². The first-order valence-corrected chi connectivity index (χ1v) is 13.4. The van der Waals surface area contributed by atoms with E-state index in [1.54, 1.807) is 0 Å². The molecule has 0 fully saturated rings. The molecule has 0 aromatic heterocycles. The van der Waals surface area contributed by atoms with Gasteiger partial charge in [-0.2, -0.15) is 0 Å². The van der Waals surface area contributed by atoms with Gasteiger partial charge in [0.05, 0.1) is 0 Å². The highest BCUT2D eigenvalue weighted by atomic mass is 15.2. The van der Waals surface area contributed by atoms with Crippen molar-refractivity contribution in [3.05, 3.63) is 169 Å². The number of para-hydroxylation sites is 4. The molecule has 2 heteroatoms. The third-order valence-electron chi connectivity index (χ3n) is 7.46. The molecule has 0 saturated heterocycles. The lowest BCUT2D eigenvalue weighted by Gasteiger charge is -2.33. The van der Waals surface area contributed by atoms with Gasteiger partial charge in [0.15, 0.2) is 0 Å². The average molecular weight is 501 g/mol. The summed E-state index contributed by atoms with van der Waals surface area (Å²) in [7, 11) is 0. The fourth-order valence-electron chi connectivity index (χ4n) is 5.58. The van der Waals surface area contributed by atoms with Crippen LogP contribution in [0.1, 0.15) is 11.1 Å². The van der Waals surface area contributed by atoms with Gasteiger partial charge in [-0.25, -0.2) is 0 Å². The van der Waals surface area contributed by atoms with Crippen LogP contribution in [0.5, 0.6) is 0 Å². The normalized spacial score (nSPS) is 11.9. The first-order valence-electron chi connectivity index (χ1n) is 13.4. The number of anilines is 6. The Balaban J connectivity index is 1.21. The molecule has 0 radical (unpaired) electrons. The van der Waals surface area contributed by atoms with Crippen molar-refractivity contribution in [2.45, 2.75) is 6.42 Å². The summed E-state index contributed by atoms with van der Waals surface area (Å²) in [5, 5.41) is 0. The zero-order valence-electron chi connectivity index (χ0n) is 21.6. The monoisotopic (exact) mass is 500 g/mol. The van der Waals surface area contributed by atoms with Gasteiger partial charge in [0, 0.05) is 40.5 Å². The van der Waals surface area contributed by atoms with Crippen molar-refractivity contribution >= 4 is 34.1 Å². The Morgan fingerprint density at radius 1 is 0.385 bits per heavy atom. The third-order valence-corrected chi connectivity index (χ3v) is 7.46. The molecule has 0 aliphatic carbocycles. The summed E-state index contributed by atoms with van der Waals surface area (Å²) in [6.07, 6.45) is 0.969. The molecular weight excluding hydrogens is 472 g/mol. The Morgan fingerprint density at radius 3 is 1.31 bits per heavy atom. The molecule has 0 amide bonds.